The summed E-state index contributed by atoms with van der Waals surface area (Å²) in [6, 6.07) is 2.59. The van der Waals surface area contributed by atoms with Crippen molar-refractivity contribution < 1.29 is 18.6 Å². The number of pyridine rings is 1. The van der Waals surface area contributed by atoms with E-state index in [0.29, 0.717) is 5.69 Å². The van der Waals surface area contributed by atoms with Crippen LogP contribution in [0.2, 0.25) is 0 Å². The van der Waals surface area contributed by atoms with E-state index < -0.39 is 9.84 Å². The molecule has 2 aliphatic rings. The van der Waals surface area contributed by atoms with Gasteiger partial charge in [-0.2, -0.15) is 0 Å². The van der Waals surface area contributed by atoms with Crippen LogP contribution >= 0.6 is 0 Å². The second-order valence-corrected chi connectivity index (χ2v) is 11.2. The van der Waals surface area contributed by atoms with Crippen molar-refractivity contribution in [3.05, 3.63) is 48.9 Å². The zero-order valence-electron chi connectivity index (χ0n) is 22.4. The van der Waals surface area contributed by atoms with E-state index in [1.165, 1.54) is 50.7 Å². The average Bonchev–Trinajstić information content (AvgIpc) is 2.88. The molecule has 36 heavy (non-hydrogen) atoms. The monoisotopic (exact) mass is 520 g/mol. The summed E-state index contributed by atoms with van der Waals surface area (Å²) in [6.07, 6.45) is 15.2. The Labute approximate surface area is 217 Å². The number of sulfone groups is 1. The maximum Gasteiger partial charge on any atom is 0.225 e. The lowest BCUT2D eigenvalue weighted by Crippen LogP contribution is -2.36. The van der Waals surface area contributed by atoms with Gasteiger partial charge in [-0.15, -0.1) is 13.2 Å². The number of anilines is 1. The number of hydrogen-bond acceptors (Lipinski definition) is 8. The predicted molar refractivity (Wildman–Crippen MR) is 146 cm³/mol. The molecule has 3 heterocycles. The SMILES string of the molecule is C=C.CCC1CCCCC1.Cc1cnc(N2CCC(O)CC2)nc1.Cc1nc(S(C)(=O)=O)ccc1O. The molecule has 1 saturated heterocycles. The van der Waals surface area contributed by atoms with Crippen molar-refractivity contribution in [1.29, 1.82) is 0 Å². The largest absolute Gasteiger partial charge is 0.506 e. The molecule has 1 saturated carbocycles. The standard InChI is InChI=1S/C10H15N3O.C8H16.C7H9NO3S.C2H4/c1-8-6-11-10(12-7-8)13-4-2-9(14)3-5-13;1-2-8-6-4-3-5-7-8;1-5-6(9)3-4-7(8-5)12(2,10)11;1-2/h6-7,9,14H,2-5H2,1H3;8H,2-7H2,1H3;3-4,9H,1-2H3;1-2H2. The molecule has 0 atom stereocenters. The molecule has 0 amide bonds. The summed E-state index contributed by atoms with van der Waals surface area (Å²) < 4.78 is 21.9. The fourth-order valence-corrected chi connectivity index (χ4v) is 4.57. The molecule has 4 rings (SSSR count). The van der Waals surface area contributed by atoms with Gasteiger partial charge in [0.1, 0.15) is 5.75 Å². The number of hydrogen-bond donors (Lipinski definition) is 2. The van der Waals surface area contributed by atoms with Crippen LogP contribution in [0.1, 0.15) is 69.5 Å². The highest BCUT2D eigenvalue weighted by Crippen LogP contribution is 2.25. The maximum absolute atomic E-state index is 11.0. The van der Waals surface area contributed by atoms with E-state index in [0.717, 1.165) is 49.6 Å². The lowest BCUT2D eigenvalue weighted by Gasteiger charge is -2.29. The van der Waals surface area contributed by atoms with Gasteiger partial charge >= 0.3 is 0 Å². The van der Waals surface area contributed by atoms with Gasteiger partial charge in [0.05, 0.1) is 11.8 Å². The van der Waals surface area contributed by atoms with Crippen LogP contribution in [0.25, 0.3) is 0 Å². The fourth-order valence-electron chi connectivity index (χ4n) is 3.95. The Morgan fingerprint density at radius 1 is 1.00 bits per heavy atom. The lowest BCUT2D eigenvalue weighted by molar-refractivity contribution is 0.145. The van der Waals surface area contributed by atoms with Gasteiger partial charge in [-0.1, -0.05) is 45.4 Å². The van der Waals surface area contributed by atoms with Crippen molar-refractivity contribution in [2.45, 2.75) is 83.3 Å². The smallest absolute Gasteiger partial charge is 0.225 e. The molecule has 0 aromatic carbocycles. The Morgan fingerprint density at radius 2 is 1.56 bits per heavy atom. The maximum atomic E-state index is 11.0. The lowest BCUT2D eigenvalue weighted by atomic mass is 9.88. The van der Waals surface area contributed by atoms with Gasteiger partial charge in [0.2, 0.25) is 5.95 Å². The topological polar surface area (TPSA) is 117 Å². The van der Waals surface area contributed by atoms with Gasteiger partial charge in [-0.25, -0.2) is 23.4 Å². The Kier molecular flexibility index (Phi) is 14.2. The molecule has 2 fully saturated rings. The minimum absolute atomic E-state index is 0.00222. The van der Waals surface area contributed by atoms with Gasteiger partial charge in [-0.05, 0) is 50.3 Å². The third-order valence-electron chi connectivity index (χ3n) is 6.23. The van der Waals surface area contributed by atoms with Crippen LogP contribution in [0.3, 0.4) is 0 Å². The summed E-state index contributed by atoms with van der Waals surface area (Å²) in [6.45, 7) is 13.5. The molecule has 9 heteroatoms. The van der Waals surface area contributed by atoms with Gasteiger partial charge in [-0.3, -0.25) is 0 Å². The molecule has 1 aliphatic heterocycles. The van der Waals surface area contributed by atoms with Crippen LogP contribution < -0.4 is 4.90 Å². The number of aliphatic hydroxyl groups is 1. The first-order valence-electron chi connectivity index (χ1n) is 12.7. The molecule has 1 aliphatic carbocycles. The highest BCUT2D eigenvalue weighted by molar-refractivity contribution is 7.90. The summed E-state index contributed by atoms with van der Waals surface area (Å²) >= 11 is 0. The minimum atomic E-state index is -3.26. The predicted octanol–water partition coefficient (Wildman–Crippen LogP) is 5.02. The van der Waals surface area contributed by atoms with Crippen molar-refractivity contribution in [2.24, 2.45) is 5.92 Å². The van der Waals surface area contributed by atoms with Crippen LogP contribution in [-0.2, 0) is 9.84 Å². The number of rotatable bonds is 3. The molecule has 0 spiro atoms. The summed E-state index contributed by atoms with van der Waals surface area (Å²) in [7, 11) is -3.26. The third kappa shape index (κ3) is 11.5. The molecule has 2 N–H and O–H groups in total. The van der Waals surface area contributed by atoms with Crippen LogP contribution in [0.4, 0.5) is 5.95 Å². The molecular weight excluding hydrogens is 476 g/mol. The highest BCUT2D eigenvalue weighted by atomic mass is 32.2. The summed E-state index contributed by atoms with van der Waals surface area (Å²) in [5.74, 6) is 1.87. The number of nitrogens with zero attached hydrogens (tertiary/aromatic N) is 4. The summed E-state index contributed by atoms with van der Waals surface area (Å²) in [5.41, 5.74) is 1.39. The number of aromatic nitrogens is 3. The van der Waals surface area contributed by atoms with Gasteiger partial charge in [0, 0.05) is 31.7 Å². The Bertz CT molecular complexity index is 985. The molecule has 0 bridgehead atoms. The molecule has 0 radical (unpaired) electrons. The van der Waals surface area contributed by atoms with Crippen molar-refractivity contribution >= 4 is 15.8 Å². The van der Waals surface area contributed by atoms with E-state index in [9.17, 15) is 13.5 Å². The summed E-state index contributed by atoms with van der Waals surface area (Å²) in [5, 5.41) is 18.4. The molecule has 0 unspecified atom stereocenters. The van der Waals surface area contributed by atoms with Crippen LogP contribution in [0.15, 0.2) is 42.7 Å². The Hall–Kier alpha value is -2.52. The van der Waals surface area contributed by atoms with Gasteiger partial charge < -0.3 is 15.1 Å². The molecule has 202 valence electrons. The number of aliphatic hydroxyl groups excluding tert-OH is 1. The number of piperidine rings is 1. The number of aryl methyl sites for hydroxylation is 2. The van der Waals surface area contributed by atoms with Crippen molar-refractivity contribution in [3.63, 3.8) is 0 Å². The van der Waals surface area contributed by atoms with E-state index in [-0.39, 0.29) is 16.9 Å². The molecule has 2 aromatic heterocycles. The first-order chi connectivity index (χ1) is 17.1. The van der Waals surface area contributed by atoms with E-state index in [4.69, 9.17) is 5.11 Å². The first-order valence-corrected chi connectivity index (χ1v) is 14.6. The number of aromatic hydroxyl groups is 1. The fraction of sp³-hybridized carbons (Fsp3) is 0.593. The van der Waals surface area contributed by atoms with Crippen LogP contribution in [0, 0.1) is 19.8 Å². The third-order valence-corrected chi connectivity index (χ3v) is 7.22. The van der Waals surface area contributed by atoms with E-state index in [1.54, 1.807) is 6.92 Å². The van der Waals surface area contributed by atoms with E-state index in [2.05, 4.69) is 39.9 Å². The molecule has 2 aromatic rings. The average molecular weight is 521 g/mol. The summed E-state index contributed by atoms with van der Waals surface area (Å²) in [4.78, 5) is 14.3. The zero-order valence-corrected chi connectivity index (χ0v) is 23.2. The van der Waals surface area contributed by atoms with Crippen molar-refractivity contribution in [3.8, 4) is 5.75 Å². The normalized spacial score (nSPS) is 16.4. The second kappa shape index (κ2) is 16.3. The Balaban J connectivity index is 0.000000269. The van der Waals surface area contributed by atoms with Gasteiger partial charge in [0.25, 0.3) is 0 Å². The highest BCUT2D eigenvalue weighted by Gasteiger charge is 2.18. The van der Waals surface area contributed by atoms with E-state index in [1.807, 2.05) is 19.3 Å². The van der Waals surface area contributed by atoms with Crippen molar-refractivity contribution in [2.75, 3.05) is 24.2 Å². The van der Waals surface area contributed by atoms with Crippen molar-refractivity contribution in [1.82, 2.24) is 15.0 Å². The molecular formula is C27H44N4O4S. The molecule has 8 nitrogen and oxygen atoms in total. The zero-order chi connectivity index (χ0) is 27.1. The van der Waals surface area contributed by atoms with Gasteiger partial charge in [0.15, 0.2) is 14.9 Å². The Morgan fingerprint density at radius 3 is 2.00 bits per heavy atom. The van der Waals surface area contributed by atoms with Crippen LogP contribution in [-0.4, -0.2) is 59.0 Å². The second-order valence-electron chi connectivity index (χ2n) is 9.22. The first kappa shape index (κ1) is 31.5. The minimum Gasteiger partial charge on any atom is -0.506 e. The van der Waals surface area contributed by atoms with Crippen LogP contribution in [0.5, 0.6) is 5.75 Å². The van der Waals surface area contributed by atoms with E-state index >= 15 is 0 Å². The quantitative estimate of drug-likeness (QED) is 0.542.